The predicted molar refractivity (Wildman–Crippen MR) is 143 cm³/mol. The molecule has 0 spiro atoms. The molecule has 0 unspecified atom stereocenters. The van der Waals surface area contributed by atoms with E-state index in [1.807, 2.05) is 17.8 Å². The Bertz CT molecular complexity index is 2010. The summed E-state index contributed by atoms with van der Waals surface area (Å²) in [6, 6.07) is 35.3. The maximum absolute atomic E-state index is 6.52. The van der Waals surface area contributed by atoms with Gasteiger partial charge < -0.3 is 8.98 Å². The Balaban J connectivity index is 1.54. The van der Waals surface area contributed by atoms with Crippen LogP contribution in [0.15, 0.2) is 111 Å². The summed E-state index contributed by atoms with van der Waals surface area (Å²) in [7, 11) is 0. The molecule has 2 nitrogen and oxygen atoms in total. The van der Waals surface area contributed by atoms with Gasteiger partial charge in [-0.1, -0.05) is 77.9 Å². The van der Waals surface area contributed by atoms with Gasteiger partial charge in [0.05, 0.1) is 16.4 Å². The molecule has 7 aromatic rings. The summed E-state index contributed by atoms with van der Waals surface area (Å²) in [5.74, 6) is 0. The maximum atomic E-state index is 6.52. The van der Waals surface area contributed by atoms with Crippen molar-refractivity contribution in [3.8, 4) is 5.69 Å². The van der Waals surface area contributed by atoms with E-state index in [9.17, 15) is 0 Å². The van der Waals surface area contributed by atoms with Gasteiger partial charge >= 0.3 is 0 Å². The molecule has 0 aliphatic carbocycles. The number of aromatic nitrogens is 1. The summed E-state index contributed by atoms with van der Waals surface area (Å²) in [5, 5.41) is 4.85. The molecule has 5 aromatic carbocycles. The maximum Gasteiger partial charge on any atom is 0.249 e. The highest BCUT2D eigenvalue weighted by molar-refractivity contribution is 8.00. The van der Waals surface area contributed by atoms with Crippen LogP contribution in [-0.4, -0.2) is 11.3 Å². The van der Waals surface area contributed by atoms with E-state index in [2.05, 4.69) is 95.6 Å². The predicted octanol–water partition coefficient (Wildman–Crippen LogP) is 5.98. The summed E-state index contributed by atoms with van der Waals surface area (Å²) in [6.07, 6.45) is 0. The lowest BCUT2D eigenvalue weighted by Crippen LogP contribution is -2.58. The number of benzene rings is 5. The standard InChI is InChI=1S/C30H16BNOS/c1-5-11-24-17(7-1)18-13-15-23-27(30(18)33-24)19-14-16-26-28-29(19)32(23)22-10-4-2-8-20(22)31(28)21-9-3-6-12-25(21)34-26/h1-16H. The fraction of sp³-hybridized carbons (Fsp3) is 0. The van der Waals surface area contributed by atoms with Gasteiger partial charge in [-0.3, -0.25) is 0 Å². The normalized spacial score (nSPS) is 13.7. The van der Waals surface area contributed by atoms with Crippen molar-refractivity contribution in [1.82, 2.24) is 4.57 Å². The second kappa shape index (κ2) is 5.96. The summed E-state index contributed by atoms with van der Waals surface area (Å²) in [5.41, 5.74) is 9.96. The molecule has 0 bridgehead atoms. The highest BCUT2D eigenvalue weighted by Gasteiger charge is 2.39. The number of hydrogen-bond donors (Lipinski definition) is 0. The summed E-state index contributed by atoms with van der Waals surface area (Å²) >= 11 is 1.90. The van der Waals surface area contributed by atoms with Crippen LogP contribution in [0.4, 0.5) is 0 Å². The van der Waals surface area contributed by atoms with Crippen LogP contribution >= 0.6 is 11.8 Å². The molecule has 2 aliphatic heterocycles. The Morgan fingerprint density at radius 2 is 1.44 bits per heavy atom. The zero-order valence-electron chi connectivity index (χ0n) is 18.1. The molecule has 2 aromatic heterocycles. The fourth-order valence-corrected chi connectivity index (χ4v) is 7.49. The Hall–Kier alpha value is -3.89. The minimum atomic E-state index is 0.246. The van der Waals surface area contributed by atoms with Gasteiger partial charge in [0, 0.05) is 31.6 Å². The molecule has 0 N–H and O–H groups in total. The molecular formula is C30H16BNOS. The van der Waals surface area contributed by atoms with E-state index in [0.29, 0.717) is 0 Å². The number of furan rings is 1. The van der Waals surface area contributed by atoms with Crippen molar-refractivity contribution in [2.45, 2.75) is 9.79 Å². The van der Waals surface area contributed by atoms with Gasteiger partial charge in [0.25, 0.3) is 0 Å². The third kappa shape index (κ3) is 1.94. The van der Waals surface area contributed by atoms with Gasteiger partial charge in [0.1, 0.15) is 11.2 Å². The Labute approximate surface area is 199 Å². The molecule has 4 heteroatoms. The van der Waals surface area contributed by atoms with E-state index in [-0.39, 0.29) is 6.71 Å². The first kappa shape index (κ1) is 17.6. The van der Waals surface area contributed by atoms with Crippen LogP contribution in [0.3, 0.4) is 0 Å². The first-order chi connectivity index (χ1) is 16.9. The number of fused-ring (bicyclic) bond motifs is 12. The lowest BCUT2D eigenvalue weighted by Gasteiger charge is -2.32. The van der Waals surface area contributed by atoms with E-state index in [1.54, 1.807) is 0 Å². The van der Waals surface area contributed by atoms with Crippen LogP contribution in [0, 0.1) is 0 Å². The first-order valence-corrected chi connectivity index (χ1v) is 12.5. The van der Waals surface area contributed by atoms with Crippen molar-refractivity contribution in [2.75, 3.05) is 0 Å². The number of para-hydroxylation sites is 2. The quantitative estimate of drug-likeness (QED) is 0.265. The van der Waals surface area contributed by atoms with Crippen molar-refractivity contribution in [1.29, 1.82) is 0 Å². The topological polar surface area (TPSA) is 18.1 Å². The van der Waals surface area contributed by atoms with Gasteiger partial charge in [-0.2, -0.15) is 0 Å². The van der Waals surface area contributed by atoms with Gasteiger partial charge in [0.2, 0.25) is 6.71 Å². The van der Waals surface area contributed by atoms with Crippen LogP contribution < -0.4 is 16.4 Å². The average Bonchev–Trinajstić information content (AvgIpc) is 3.43. The molecule has 34 heavy (non-hydrogen) atoms. The number of nitrogens with zero attached hydrogens (tertiary/aromatic N) is 1. The Morgan fingerprint density at radius 1 is 0.647 bits per heavy atom. The molecule has 0 radical (unpaired) electrons. The van der Waals surface area contributed by atoms with Crippen LogP contribution in [-0.2, 0) is 0 Å². The summed E-state index contributed by atoms with van der Waals surface area (Å²) in [4.78, 5) is 2.72. The third-order valence-electron chi connectivity index (χ3n) is 7.66. The number of hydrogen-bond acceptors (Lipinski definition) is 2. The van der Waals surface area contributed by atoms with Crippen LogP contribution in [0.25, 0.3) is 49.4 Å². The largest absolute Gasteiger partial charge is 0.455 e. The molecule has 0 saturated carbocycles. The van der Waals surface area contributed by atoms with E-state index in [4.69, 9.17) is 4.42 Å². The average molecular weight is 449 g/mol. The minimum Gasteiger partial charge on any atom is -0.455 e. The molecule has 0 amide bonds. The zero-order chi connectivity index (χ0) is 22.0. The zero-order valence-corrected chi connectivity index (χ0v) is 18.9. The molecule has 156 valence electrons. The van der Waals surface area contributed by atoms with Gasteiger partial charge in [-0.25, -0.2) is 0 Å². The molecule has 0 atom stereocenters. The summed E-state index contributed by atoms with van der Waals surface area (Å²) in [6.45, 7) is 0.246. The van der Waals surface area contributed by atoms with Crippen molar-refractivity contribution < 1.29 is 4.42 Å². The first-order valence-electron chi connectivity index (χ1n) is 11.7. The summed E-state index contributed by atoms with van der Waals surface area (Å²) < 4.78 is 9.00. The van der Waals surface area contributed by atoms with E-state index >= 15 is 0 Å². The van der Waals surface area contributed by atoms with E-state index < -0.39 is 0 Å². The minimum absolute atomic E-state index is 0.246. The third-order valence-corrected chi connectivity index (χ3v) is 8.83. The second-order valence-electron chi connectivity index (χ2n) is 9.28. The van der Waals surface area contributed by atoms with Crippen LogP contribution in [0.5, 0.6) is 0 Å². The van der Waals surface area contributed by atoms with Gasteiger partial charge in [-0.05, 0) is 47.3 Å². The highest BCUT2D eigenvalue weighted by Crippen LogP contribution is 2.43. The Morgan fingerprint density at radius 3 is 2.41 bits per heavy atom. The molecular weight excluding hydrogens is 433 g/mol. The van der Waals surface area contributed by atoms with Gasteiger partial charge in [-0.15, -0.1) is 0 Å². The monoisotopic (exact) mass is 449 g/mol. The second-order valence-corrected chi connectivity index (χ2v) is 10.4. The smallest absolute Gasteiger partial charge is 0.249 e. The lowest BCUT2D eigenvalue weighted by atomic mass is 9.35. The van der Waals surface area contributed by atoms with Crippen molar-refractivity contribution in [2.24, 2.45) is 0 Å². The lowest BCUT2D eigenvalue weighted by molar-refractivity contribution is 0.673. The molecule has 9 rings (SSSR count). The molecule has 0 saturated heterocycles. The number of rotatable bonds is 0. The van der Waals surface area contributed by atoms with E-state index in [1.165, 1.54) is 64.4 Å². The molecule has 4 heterocycles. The van der Waals surface area contributed by atoms with E-state index in [0.717, 1.165) is 11.2 Å². The fourth-order valence-electron chi connectivity index (χ4n) is 6.34. The Kier molecular flexibility index (Phi) is 3.08. The van der Waals surface area contributed by atoms with Crippen molar-refractivity contribution >= 4 is 78.6 Å². The molecule has 0 fully saturated rings. The van der Waals surface area contributed by atoms with Crippen molar-refractivity contribution in [3.63, 3.8) is 0 Å². The molecule has 2 aliphatic rings. The highest BCUT2D eigenvalue weighted by atomic mass is 32.2. The van der Waals surface area contributed by atoms with Gasteiger partial charge in [0.15, 0.2) is 0 Å². The van der Waals surface area contributed by atoms with Crippen LogP contribution in [0.1, 0.15) is 0 Å². The van der Waals surface area contributed by atoms with Crippen molar-refractivity contribution in [3.05, 3.63) is 97.1 Å². The van der Waals surface area contributed by atoms with Crippen LogP contribution in [0.2, 0.25) is 0 Å². The SMILES string of the molecule is c1ccc2c(c1)Sc1ccc3c4c5oc6ccccc6c5ccc4n4c3c1B2c1ccccc1-4.